The lowest BCUT2D eigenvalue weighted by Crippen LogP contribution is -2.45. The zero-order valence-electron chi connectivity index (χ0n) is 17.7. The Balaban J connectivity index is 1.44. The van der Waals surface area contributed by atoms with Gasteiger partial charge in [0, 0.05) is 57.4 Å². The third-order valence-corrected chi connectivity index (χ3v) is 6.91. The second-order valence-corrected chi connectivity index (χ2v) is 9.51. The highest BCUT2D eigenvalue weighted by Crippen LogP contribution is 2.44. The first kappa shape index (κ1) is 19.9. The van der Waals surface area contributed by atoms with Gasteiger partial charge in [-0.15, -0.1) is 0 Å². The van der Waals surface area contributed by atoms with E-state index in [1.54, 1.807) is 0 Å². The summed E-state index contributed by atoms with van der Waals surface area (Å²) in [5.41, 5.74) is 2.57. The smallest absolute Gasteiger partial charge is 0.227 e. The van der Waals surface area contributed by atoms with Crippen molar-refractivity contribution in [2.75, 3.05) is 60.0 Å². The van der Waals surface area contributed by atoms with Crippen molar-refractivity contribution in [2.24, 2.45) is 11.3 Å². The Morgan fingerprint density at radius 2 is 2.00 bits per heavy atom. The summed E-state index contributed by atoms with van der Waals surface area (Å²) >= 11 is 0. The maximum absolute atomic E-state index is 13.1. The number of fused-ring (bicyclic) bond motifs is 1. The molecule has 3 aliphatic heterocycles. The van der Waals surface area contributed by atoms with Crippen LogP contribution in [0, 0.1) is 18.3 Å². The van der Waals surface area contributed by atoms with Crippen molar-refractivity contribution in [1.82, 2.24) is 14.7 Å². The summed E-state index contributed by atoms with van der Waals surface area (Å²) in [5.74, 6) is 0.870. The summed E-state index contributed by atoms with van der Waals surface area (Å²) < 4.78 is 5.57. The summed E-state index contributed by atoms with van der Waals surface area (Å²) in [6.07, 6.45) is 2.83. The van der Waals surface area contributed by atoms with Crippen LogP contribution in [0.2, 0.25) is 0 Å². The molecule has 0 spiro atoms. The Labute approximate surface area is 169 Å². The van der Waals surface area contributed by atoms with Gasteiger partial charge < -0.3 is 14.5 Å². The molecule has 4 rings (SSSR count). The number of likely N-dealkylation sites (tertiary alicyclic amines) is 2. The molecule has 1 amide bonds. The standard InChI is InChI=1S/C23H35N3O2/c1-18-5-4-6-19(11-18)12-22(27)26-14-20-13-25(21-7-9-28-10-8-21)16-23(20,17-26)15-24(2)3/h4-6,11,20-21H,7-10,12-17H2,1-3H3. The van der Waals surface area contributed by atoms with Gasteiger partial charge in [-0.2, -0.15) is 0 Å². The van der Waals surface area contributed by atoms with Gasteiger partial charge in [0.15, 0.2) is 0 Å². The lowest BCUT2D eigenvalue weighted by molar-refractivity contribution is -0.130. The van der Waals surface area contributed by atoms with Crippen LogP contribution in [0.1, 0.15) is 24.0 Å². The molecule has 154 valence electrons. The van der Waals surface area contributed by atoms with E-state index in [9.17, 15) is 4.79 Å². The number of ether oxygens (including phenoxy) is 1. The fourth-order valence-corrected chi connectivity index (χ4v) is 5.70. The molecular formula is C23H35N3O2. The number of benzene rings is 1. The topological polar surface area (TPSA) is 36.0 Å². The van der Waals surface area contributed by atoms with Crippen LogP contribution in [0.25, 0.3) is 0 Å². The molecule has 3 aliphatic rings. The second-order valence-electron chi connectivity index (χ2n) is 9.51. The number of rotatable bonds is 5. The van der Waals surface area contributed by atoms with Gasteiger partial charge in [-0.05, 0) is 45.3 Å². The highest BCUT2D eigenvalue weighted by atomic mass is 16.5. The van der Waals surface area contributed by atoms with Gasteiger partial charge >= 0.3 is 0 Å². The minimum absolute atomic E-state index is 0.212. The van der Waals surface area contributed by atoms with E-state index in [4.69, 9.17) is 4.74 Å². The van der Waals surface area contributed by atoms with Crippen molar-refractivity contribution >= 4 is 5.91 Å². The van der Waals surface area contributed by atoms with Gasteiger partial charge in [0.1, 0.15) is 0 Å². The van der Waals surface area contributed by atoms with Crippen molar-refractivity contribution in [2.45, 2.75) is 32.2 Å². The molecule has 5 nitrogen and oxygen atoms in total. The molecule has 0 radical (unpaired) electrons. The van der Waals surface area contributed by atoms with Crippen LogP contribution in [0.15, 0.2) is 24.3 Å². The minimum Gasteiger partial charge on any atom is -0.381 e. The molecule has 3 saturated heterocycles. The Morgan fingerprint density at radius 1 is 1.21 bits per heavy atom. The van der Waals surface area contributed by atoms with E-state index in [0.29, 0.717) is 18.4 Å². The normalized spacial score (nSPS) is 28.9. The van der Waals surface area contributed by atoms with Crippen molar-refractivity contribution in [3.63, 3.8) is 0 Å². The molecule has 0 aromatic heterocycles. The van der Waals surface area contributed by atoms with Gasteiger partial charge in [0.05, 0.1) is 6.42 Å². The van der Waals surface area contributed by atoms with E-state index < -0.39 is 0 Å². The second kappa shape index (κ2) is 8.13. The fraction of sp³-hybridized carbons (Fsp3) is 0.696. The third-order valence-electron chi connectivity index (χ3n) is 6.91. The molecule has 3 heterocycles. The molecule has 0 bridgehead atoms. The van der Waals surface area contributed by atoms with Crippen molar-refractivity contribution in [1.29, 1.82) is 0 Å². The molecule has 5 heteroatoms. The van der Waals surface area contributed by atoms with E-state index >= 15 is 0 Å². The van der Waals surface area contributed by atoms with Crippen LogP contribution in [0.3, 0.4) is 0 Å². The van der Waals surface area contributed by atoms with Gasteiger partial charge in [-0.3, -0.25) is 9.69 Å². The van der Waals surface area contributed by atoms with Crippen molar-refractivity contribution in [3.05, 3.63) is 35.4 Å². The van der Waals surface area contributed by atoms with Gasteiger partial charge in [0.25, 0.3) is 0 Å². The highest BCUT2D eigenvalue weighted by molar-refractivity contribution is 5.79. The number of hydrogen-bond donors (Lipinski definition) is 0. The van der Waals surface area contributed by atoms with Crippen LogP contribution in [0.4, 0.5) is 0 Å². The maximum atomic E-state index is 13.1. The Kier molecular flexibility index (Phi) is 5.77. The van der Waals surface area contributed by atoms with Gasteiger partial charge in [-0.1, -0.05) is 29.8 Å². The summed E-state index contributed by atoms with van der Waals surface area (Å²) in [4.78, 5) is 20.2. The Bertz CT molecular complexity index is 701. The monoisotopic (exact) mass is 385 g/mol. The van der Waals surface area contributed by atoms with Crippen LogP contribution in [-0.2, 0) is 16.0 Å². The summed E-state index contributed by atoms with van der Waals surface area (Å²) in [6, 6.07) is 9.01. The first-order chi connectivity index (χ1) is 13.4. The average molecular weight is 386 g/mol. The summed E-state index contributed by atoms with van der Waals surface area (Å²) in [7, 11) is 4.33. The first-order valence-electron chi connectivity index (χ1n) is 10.7. The Hall–Kier alpha value is -1.43. The first-order valence-corrected chi connectivity index (χ1v) is 10.7. The zero-order valence-corrected chi connectivity index (χ0v) is 17.7. The third kappa shape index (κ3) is 4.12. The number of amides is 1. The zero-order chi connectivity index (χ0) is 19.7. The molecule has 3 fully saturated rings. The predicted octanol–water partition coefficient (Wildman–Crippen LogP) is 2.04. The Morgan fingerprint density at radius 3 is 2.71 bits per heavy atom. The molecular weight excluding hydrogens is 350 g/mol. The fourth-order valence-electron chi connectivity index (χ4n) is 5.70. The molecule has 28 heavy (non-hydrogen) atoms. The SMILES string of the molecule is Cc1cccc(CC(=O)N2CC3CN(C4CCOCC4)CC3(CN(C)C)C2)c1. The van der Waals surface area contributed by atoms with Crippen LogP contribution < -0.4 is 0 Å². The highest BCUT2D eigenvalue weighted by Gasteiger charge is 2.54. The molecule has 0 aliphatic carbocycles. The number of carbonyl (C=O) groups excluding carboxylic acids is 1. The molecule has 2 unspecified atom stereocenters. The molecule has 1 aromatic rings. The number of carbonyl (C=O) groups is 1. The number of aryl methyl sites for hydroxylation is 1. The molecule has 0 N–H and O–H groups in total. The van der Waals surface area contributed by atoms with Crippen LogP contribution >= 0.6 is 0 Å². The maximum Gasteiger partial charge on any atom is 0.227 e. The van der Waals surface area contributed by atoms with E-state index in [0.717, 1.165) is 64.3 Å². The number of nitrogens with zero attached hydrogens (tertiary/aromatic N) is 3. The van der Waals surface area contributed by atoms with Gasteiger partial charge in [0.2, 0.25) is 5.91 Å². The quantitative estimate of drug-likeness (QED) is 0.777. The predicted molar refractivity (Wildman–Crippen MR) is 111 cm³/mol. The summed E-state index contributed by atoms with van der Waals surface area (Å²) in [5, 5.41) is 0. The lowest BCUT2D eigenvalue weighted by atomic mass is 9.80. The lowest BCUT2D eigenvalue weighted by Gasteiger charge is -2.35. The van der Waals surface area contributed by atoms with E-state index in [-0.39, 0.29) is 11.3 Å². The molecule has 0 saturated carbocycles. The minimum atomic E-state index is 0.212. The van der Waals surface area contributed by atoms with E-state index in [1.165, 1.54) is 5.56 Å². The molecule has 2 atom stereocenters. The van der Waals surface area contributed by atoms with Crippen molar-refractivity contribution in [3.8, 4) is 0 Å². The van der Waals surface area contributed by atoms with Crippen LogP contribution in [0.5, 0.6) is 0 Å². The number of hydrogen-bond acceptors (Lipinski definition) is 4. The van der Waals surface area contributed by atoms with Crippen molar-refractivity contribution < 1.29 is 9.53 Å². The average Bonchev–Trinajstić information content (AvgIpc) is 3.15. The van der Waals surface area contributed by atoms with Gasteiger partial charge in [-0.25, -0.2) is 0 Å². The largest absolute Gasteiger partial charge is 0.381 e. The van der Waals surface area contributed by atoms with E-state index in [1.807, 2.05) is 0 Å². The summed E-state index contributed by atoms with van der Waals surface area (Å²) in [6.45, 7) is 9.01. The van der Waals surface area contributed by atoms with E-state index in [2.05, 4.69) is 60.0 Å². The van der Waals surface area contributed by atoms with Crippen LogP contribution in [-0.4, -0.2) is 86.7 Å². The molecule has 1 aromatic carbocycles.